The smallest absolute Gasteiger partial charge is 0.137 e. The summed E-state index contributed by atoms with van der Waals surface area (Å²) in [6.07, 6.45) is 4.03. The lowest BCUT2D eigenvalue weighted by Crippen LogP contribution is -3.00. The summed E-state index contributed by atoms with van der Waals surface area (Å²) in [5, 5.41) is 0. The molecule has 3 rings (SSSR count). The van der Waals surface area contributed by atoms with E-state index in [2.05, 4.69) is 49.0 Å². The van der Waals surface area contributed by atoms with Gasteiger partial charge in [0.25, 0.3) is 0 Å². The minimum Gasteiger partial charge on any atom is -1.00 e. The van der Waals surface area contributed by atoms with Crippen LogP contribution in [0, 0.1) is 0 Å². The van der Waals surface area contributed by atoms with Crippen molar-refractivity contribution in [1.29, 1.82) is 0 Å². The molecule has 0 bridgehead atoms. The second-order valence-corrected chi connectivity index (χ2v) is 5.58. The fourth-order valence-electron chi connectivity index (χ4n) is 1.75. The van der Waals surface area contributed by atoms with Crippen LogP contribution in [0.3, 0.4) is 0 Å². The van der Waals surface area contributed by atoms with Gasteiger partial charge in [0.2, 0.25) is 0 Å². The van der Waals surface area contributed by atoms with E-state index in [1.54, 1.807) is 0 Å². The zero-order valence-electron chi connectivity index (χ0n) is 9.15. The van der Waals surface area contributed by atoms with Crippen LogP contribution in [0.4, 0.5) is 0 Å². The van der Waals surface area contributed by atoms with Crippen molar-refractivity contribution in [3.63, 3.8) is 0 Å². The number of rotatable bonds is 1. The predicted octanol–water partition coefficient (Wildman–Crippen LogP) is 1.53. The van der Waals surface area contributed by atoms with Crippen molar-refractivity contribution in [3.8, 4) is 11.3 Å². The summed E-state index contributed by atoms with van der Waals surface area (Å²) >= 11 is 6.93. The molecule has 0 radical (unpaired) electrons. The third kappa shape index (κ3) is 2.78. The highest BCUT2D eigenvalue weighted by Gasteiger charge is 2.04. The summed E-state index contributed by atoms with van der Waals surface area (Å²) in [5.41, 5.74) is 3.03. The van der Waals surface area contributed by atoms with Gasteiger partial charge in [0, 0.05) is 26.9 Å². The highest BCUT2D eigenvalue weighted by Crippen LogP contribution is 2.23. The number of aromatic nitrogens is 2. The van der Waals surface area contributed by atoms with Crippen LogP contribution in [0.1, 0.15) is 0 Å². The van der Waals surface area contributed by atoms with Gasteiger partial charge in [-0.15, -0.1) is 0 Å². The lowest BCUT2D eigenvalue weighted by atomic mass is 10.2. The zero-order chi connectivity index (χ0) is 11.8. The molecule has 92 valence electrons. The maximum atomic E-state index is 4.59. The number of benzene rings is 1. The van der Waals surface area contributed by atoms with Gasteiger partial charge in [-0.1, -0.05) is 28.1 Å². The molecule has 0 spiro atoms. The monoisotopic (exact) mass is 477 g/mol. The molecular weight excluding hydrogens is 471 g/mol. The molecule has 0 unspecified atom stereocenters. The number of hydrogen-bond donors (Lipinski definition) is 0. The summed E-state index contributed by atoms with van der Waals surface area (Å²) in [6, 6.07) is 12.1. The molecule has 0 N–H and O–H groups in total. The van der Waals surface area contributed by atoms with Crippen molar-refractivity contribution in [3.05, 3.63) is 57.7 Å². The molecule has 0 fully saturated rings. The van der Waals surface area contributed by atoms with Gasteiger partial charge in [0.15, 0.2) is 0 Å². The molecule has 1 aromatic carbocycles. The van der Waals surface area contributed by atoms with Gasteiger partial charge in [-0.3, -0.25) is 0 Å². The van der Waals surface area contributed by atoms with Gasteiger partial charge in [-0.05, 0) is 40.2 Å². The molecule has 0 saturated heterocycles. The van der Waals surface area contributed by atoms with E-state index < -0.39 is 0 Å². The van der Waals surface area contributed by atoms with E-state index in [0.717, 1.165) is 25.8 Å². The van der Waals surface area contributed by atoms with E-state index in [-0.39, 0.29) is 24.0 Å². The number of nitrogens with zero attached hydrogens (tertiary/aromatic N) is 2. The number of halogens is 3. The summed E-state index contributed by atoms with van der Waals surface area (Å²) in [7, 11) is 0. The van der Waals surface area contributed by atoms with Crippen LogP contribution in [0.5, 0.6) is 0 Å². The molecule has 0 atom stereocenters. The maximum Gasteiger partial charge on any atom is 0.137 e. The third-order valence-corrected chi connectivity index (χ3v) is 3.50. The number of fused-ring (bicyclic) bond motifs is 1. The Morgan fingerprint density at radius 2 is 1.78 bits per heavy atom. The standard InChI is InChI=1S/C13H8Br2N2.HI/c14-10-3-1-2-9(6-10)12-8-17-7-11(15)4-5-13(17)16-12;/h1-8H;1H/p-1. The van der Waals surface area contributed by atoms with Crippen LogP contribution >= 0.6 is 31.9 Å². The average Bonchev–Trinajstić information content (AvgIpc) is 2.72. The molecule has 18 heavy (non-hydrogen) atoms. The van der Waals surface area contributed by atoms with Crippen LogP contribution in [-0.4, -0.2) is 9.38 Å². The Morgan fingerprint density at radius 3 is 2.56 bits per heavy atom. The van der Waals surface area contributed by atoms with Crippen LogP contribution in [0.15, 0.2) is 57.7 Å². The average molecular weight is 479 g/mol. The zero-order valence-corrected chi connectivity index (χ0v) is 14.5. The number of hydrogen-bond acceptors (Lipinski definition) is 1. The largest absolute Gasteiger partial charge is 1.00 e. The first-order valence-electron chi connectivity index (χ1n) is 5.12. The first-order valence-corrected chi connectivity index (χ1v) is 6.71. The molecule has 0 aliphatic rings. The molecule has 5 heteroatoms. The highest BCUT2D eigenvalue weighted by atomic mass is 127. The van der Waals surface area contributed by atoms with Gasteiger partial charge in [0.05, 0.1) is 5.69 Å². The van der Waals surface area contributed by atoms with Crippen molar-refractivity contribution >= 4 is 37.5 Å². The second-order valence-electron chi connectivity index (χ2n) is 3.75. The van der Waals surface area contributed by atoms with Crippen molar-refractivity contribution in [2.45, 2.75) is 0 Å². The van der Waals surface area contributed by atoms with Crippen molar-refractivity contribution in [2.75, 3.05) is 0 Å². The van der Waals surface area contributed by atoms with Crippen molar-refractivity contribution < 1.29 is 24.0 Å². The SMILES string of the molecule is Brc1cccc(-c2cn3cc(Br)ccc3n2)c1.[I-]. The van der Waals surface area contributed by atoms with E-state index in [0.29, 0.717) is 0 Å². The molecule has 2 nitrogen and oxygen atoms in total. The van der Waals surface area contributed by atoms with Crippen LogP contribution in [-0.2, 0) is 0 Å². The van der Waals surface area contributed by atoms with Gasteiger partial charge in [-0.2, -0.15) is 0 Å². The van der Waals surface area contributed by atoms with Crippen molar-refractivity contribution in [1.82, 2.24) is 9.38 Å². The Labute approximate surface area is 139 Å². The lowest BCUT2D eigenvalue weighted by molar-refractivity contribution is -0.00000318. The Hall–Kier alpha value is -0.400. The molecule has 0 saturated carbocycles. The first-order chi connectivity index (χ1) is 8.22. The Bertz CT molecular complexity index is 694. The van der Waals surface area contributed by atoms with Crippen LogP contribution < -0.4 is 24.0 Å². The highest BCUT2D eigenvalue weighted by molar-refractivity contribution is 9.10. The lowest BCUT2D eigenvalue weighted by Gasteiger charge is -1.95. The summed E-state index contributed by atoms with van der Waals surface area (Å²) in [5.74, 6) is 0. The molecule has 0 aliphatic heterocycles. The van der Waals surface area contributed by atoms with Crippen LogP contribution in [0.25, 0.3) is 16.9 Å². The van der Waals surface area contributed by atoms with Crippen LogP contribution in [0.2, 0.25) is 0 Å². The molecule has 0 aliphatic carbocycles. The minimum atomic E-state index is 0. The Morgan fingerprint density at radius 1 is 0.944 bits per heavy atom. The maximum absolute atomic E-state index is 4.59. The van der Waals surface area contributed by atoms with Gasteiger partial charge in [-0.25, -0.2) is 4.98 Å². The normalized spacial score (nSPS) is 10.3. The summed E-state index contributed by atoms with van der Waals surface area (Å²) in [4.78, 5) is 4.59. The van der Waals surface area contributed by atoms with E-state index in [9.17, 15) is 0 Å². The van der Waals surface area contributed by atoms with Crippen molar-refractivity contribution in [2.24, 2.45) is 0 Å². The molecule has 0 amide bonds. The summed E-state index contributed by atoms with van der Waals surface area (Å²) < 4.78 is 4.12. The topological polar surface area (TPSA) is 17.3 Å². The first kappa shape index (κ1) is 14.0. The molecule has 2 aromatic heterocycles. The van der Waals surface area contributed by atoms with Gasteiger partial charge >= 0.3 is 0 Å². The van der Waals surface area contributed by atoms with E-state index in [1.165, 1.54) is 0 Å². The minimum absolute atomic E-state index is 0. The summed E-state index contributed by atoms with van der Waals surface area (Å²) in [6.45, 7) is 0. The Balaban J connectivity index is 0.00000120. The fraction of sp³-hybridized carbons (Fsp3) is 0. The fourth-order valence-corrected chi connectivity index (χ4v) is 2.50. The van der Waals surface area contributed by atoms with Gasteiger partial charge < -0.3 is 28.4 Å². The van der Waals surface area contributed by atoms with Gasteiger partial charge in [0.1, 0.15) is 5.65 Å². The van der Waals surface area contributed by atoms with E-state index >= 15 is 0 Å². The molecule has 3 aromatic rings. The molecular formula is C13H8Br2IN2-. The van der Waals surface area contributed by atoms with E-state index in [4.69, 9.17) is 0 Å². The Kier molecular flexibility index (Phi) is 4.45. The van der Waals surface area contributed by atoms with E-state index in [1.807, 2.05) is 41.1 Å². The molecule has 2 heterocycles. The quantitative estimate of drug-likeness (QED) is 0.485. The second kappa shape index (κ2) is 5.71. The number of imidazole rings is 1. The number of pyridine rings is 1. The third-order valence-electron chi connectivity index (χ3n) is 2.54. The predicted molar refractivity (Wildman–Crippen MR) is 76.0 cm³/mol.